The Morgan fingerprint density at radius 2 is 1.90 bits per heavy atom. The molecule has 4 heteroatoms. The lowest BCUT2D eigenvalue weighted by Gasteiger charge is -2.35. The first kappa shape index (κ1) is 17.4. The van der Waals surface area contributed by atoms with Gasteiger partial charge >= 0.3 is 5.97 Å². The van der Waals surface area contributed by atoms with Crippen molar-refractivity contribution in [2.24, 2.45) is 0 Å². The Kier molecular flexibility index (Phi) is 6.02. The van der Waals surface area contributed by atoms with Crippen LogP contribution in [0.5, 0.6) is 0 Å². The molecule has 1 aliphatic carbocycles. The predicted octanol–water partition coefficient (Wildman–Crippen LogP) is 2.87. The third kappa shape index (κ3) is 5.06. The van der Waals surface area contributed by atoms with Gasteiger partial charge in [-0.25, -0.2) is 0 Å². The summed E-state index contributed by atoms with van der Waals surface area (Å²) >= 11 is 0. The number of carbonyl (C=O) groups is 1. The van der Waals surface area contributed by atoms with E-state index in [1.165, 1.54) is 0 Å². The van der Waals surface area contributed by atoms with Crippen LogP contribution in [0.25, 0.3) is 0 Å². The second-order valence-electron chi connectivity index (χ2n) is 7.10. The molecule has 1 rings (SSSR count). The molecular formula is C16H32N2O2. The first-order valence-electron chi connectivity index (χ1n) is 7.93. The number of aliphatic carboxylic acids is 1. The number of nitrogens with zero attached hydrogens (tertiary/aromatic N) is 1. The van der Waals surface area contributed by atoms with Gasteiger partial charge in [-0.15, -0.1) is 0 Å². The summed E-state index contributed by atoms with van der Waals surface area (Å²) in [6.45, 7) is 9.57. The van der Waals surface area contributed by atoms with E-state index < -0.39 is 11.5 Å². The molecule has 0 aromatic rings. The Balaban J connectivity index is 2.32. The molecular weight excluding hydrogens is 252 g/mol. The fourth-order valence-electron chi connectivity index (χ4n) is 2.32. The zero-order valence-corrected chi connectivity index (χ0v) is 13.8. The third-order valence-corrected chi connectivity index (χ3v) is 4.89. The molecule has 1 atom stereocenters. The molecule has 1 unspecified atom stereocenters. The van der Waals surface area contributed by atoms with Gasteiger partial charge in [0.25, 0.3) is 0 Å². The molecule has 2 N–H and O–H groups in total. The van der Waals surface area contributed by atoms with E-state index in [2.05, 4.69) is 38.0 Å². The summed E-state index contributed by atoms with van der Waals surface area (Å²) in [6.07, 6.45) is 6.08. The zero-order chi connectivity index (χ0) is 15.4. The maximum Gasteiger partial charge on any atom is 0.323 e. The van der Waals surface area contributed by atoms with Crippen molar-refractivity contribution in [3.63, 3.8) is 0 Å². The van der Waals surface area contributed by atoms with Crippen molar-refractivity contribution in [1.82, 2.24) is 10.2 Å². The van der Waals surface area contributed by atoms with Crippen LogP contribution in [-0.2, 0) is 4.79 Å². The minimum Gasteiger partial charge on any atom is -0.480 e. The molecule has 0 spiro atoms. The van der Waals surface area contributed by atoms with Gasteiger partial charge in [-0.05, 0) is 72.9 Å². The fraction of sp³-hybridized carbons (Fsp3) is 0.938. The highest BCUT2D eigenvalue weighted by Gasteiger charge is 2.37. The van der Waals surface area contributed by atoms with E-state index in [4.69, 9.17) is 0 Å². The predicted molar refractivity (Wildman–Crippen MR) is 83.0 cm³/mol. The standard InChI is InChI=1S/C16H32N2O2/c1-6-15(2,3)18(5)12-8-7-11-16(4,14(19)20)17-13-9-10-13/h13,17H,6-12H2,1-5H3,(H,19,20). The minimum absolute atomic E-state index is 0.225. The number of hydrogen-bond acceptors (Lipinski definition) is 3. The minimum atomic E-state index is -0.750. The van der Waals surface area contributed by atoms with Gasteiger partial charge in [0, 0.05) is 11.6 Å². The largest absolute Gasteiger partial charge is 0.480 e. The molecule has 0 saturated heterocycles. The van der Waals surface area contributed by atoms with Crippen LogP contribution in [0.2, 0.25) is 0 Å². The molecule has 4 nitrogen and oxygen atoms in total. The van der Waals surface area contributed by atoms with E-state index in [-0.39, 0.29) is 5.54 Å². The highest BCUT2D eigenvalue weighted by molar-refractivity contribution is 5.78. The van der Waals surface area contributed by atoms with Crippen molar-refractivity contribution in [3.8, 4) is 0 Å². The molecule has 1 fully saturated rings. The summed E-state index contributed by atoms with van der Waals surface area (Å²) in [4.78, 5) is 13.8. The van der Waals surface area contributed by atoms with Gasteiger partial charge in [0.05, 0.1) is 0 Å². The van der Waals surface area contributed by atoms with Crippen molar-refractivity contribution in [3.05, 3.63) is 0 Å². The molecule has 0 heterocycles. The zero-order valence-electron chi connectivity index (χ0n) is 13.8. The maximum atomic E-state index is 11.4. The van der Waals surface area contributed by atoms with Crippen molar-refractivity contribution in [2.75, 3.05) is 13.6 Å². The van der Waals surface area contributed by atoms with Crippen LogP contribution >= 0.6 is 0 Å². The average molecular weight is 284 g/mol. The molecule has 0 aliphatic heterocycles. The van der Waals surface area contributed by atoms with E-state index in [0.29, 0.717) is 12.5 Å². The van der Waals surface area contributed by atoms with Gasteiger partial charge in [-0.2, -0.15) is 0 Å². The van der Waals surface area contributed by atoms with Crippen LogP contribution in [0.15, 0.2) is 0 Å². The van der Waals surface area contributed by atoms with Gasteiger partial charge in [0.2, 0.25) is 0 Å². The van der Waals surface area contributed by atoms with E-state index in [0.717, 1.165) is 38.6 Å². The van der Waals surface area contributed by atoms with Crippen LogP contribution in [0.3, 0.4) is 0 Å². The van der Waals surface area contributed by atoms with Crippen LogP contribution in [-0.4, -0.2) is 46.7 Å². The van der Waals surface area contributed by atoms with Gasteiger partial charge in [-0.3, -0.25) is 10.1 Å². The average Bonchev–Trinajstić information content (AvgIpc) is 3.17. The molecule has 0 bridgehead atoms. The molecule has 118 valence electrons. The van der Waals surface area contributed by atoms with E-state index in [1.807, 2.05) is 6.92 Å². The van der Waals surface area contributed by atoms with E-state index in [9.17, 15) is 9.90 Å². The number of hydrogen-bond donors (Lipinski definition) is 2. The van der Waals surface area contributed by atoms with Crippen LogP contribution in [0, 0.1) is 0 Å². The summed E-state index contributed by atoms with van der Waals surface area (Å²) in [5, 5.41) is 12.7. The van der Waals surface area contributed by atoms with Crippen molar-refractivity contribution in [1.29, 1.82) is 0 Å². The quantitative estimate of drug-likeness (QED) is 0.606. The molecule has 1 saturated carbocycles. The Bertz CT molecular complexity index is 326. The lowest BCUT2D eigenvalue weighted by molar-refractivity contribution is -0.144. The van der Waals surface area contributed by atoms with Crippen molar-refractivity contribution < 1.29 is 9.90 Å². The lowest BCUT2D eigenvalue weighted by atomic mass is 9.94. The Labute approximate surface area is 123 Å². The molecule has 0 radical (unpaired) electrons. The fourth-order valence-corrected chi connectivity index (χ4v) is 2.32. The van der Waals surface area contributed by atoms with Crippen molar-refractivity contribution in [2.45, 2.75) is 83.3 Å². The van der Waals surface area contributed by atoms with Gasteiger partial charge in [0.15, 0.2) is 0 Å². The summed E-state index contributed by atoms with van der Waals surface area (Å²) in [7, 11) is 2.16. The van der Waals surface area contributed by atoms with E-state index >= 15 is 0 Å². The third-order valence-electron chi connectivity index (χ3n) is 4.89. The first-order chi connectivity index (χ1) is 9.21. The maximum absolute atomic E-state index is 11.4. The van der Waals surface area contributed by atoms with Gasteiger partial charge in [-0.1, -0.05) is 6.92 Å². The normalized spacial score (nSPS) is 19.1. The van der Waals surface area contributed by atoms with Crippen LogP contribution in [0.4, 0.5) is 0 Å². The van der Waals surface area contributed by atoms with Gasteiger partial charge < -0.3 is 10.0 Å². The number of unbranched alkanes of at least 4 members (excludes halogenated alkanes) is 1. The molecule has 0 aromatic carbocycles. The van der Waals surface area contributed by atoms with Crippen LogP contribution < -0.4 is 5.32 Å². The summed E-state index contributed by atoms with van der Waals surface area (Å²) in [6, 6.07) is 0.429. The highest BCUT2D eigenvalue weighted by atomic mass is 16.4. The van der Waals surface area contributed by atoms with E-state index in [1.54, 1.807) is 0 Å². The number of nitrogens with one attached hydrogen (secondary N) is 1. The first-order valence-corrected chi connectivity index (χ1v) is 7.93. The summed E-state index contributed by atoms with van der Waals surface area (Å²) in [5.41, 5.74) is -0.525. The lowest BCUT2D eigenvalue weighted by Crippen LogP contribution is -2.50. The number of carboxylic acids is 1. The summed E-state index contributed by atoms with van der Waals surface area (Å²) < 4.78 is 0. The molecule has 1 aliphatic rings. The topological polar surface area (TPSA) is 52.6 Å². The van der Waals surface area contributed by atoms with Crippen molar-refractivity contribution >= 4 is 5.97 Å². The molecule has 20 heavy (non-hydrogen) atoms. The monoisotopic (exact) mass is 284 g/mol. The molecule has 0 amide bonds. The highest BCUT2D eigenvalue weighted by Crippen LogP contribution is 2.25. The van der Waals surface area contributed by atoms with Crippen LogP contribution in [0.1, 0.15) is 66.2 Å². The second kappa shape index (κ2) is 6.90. The number of carboxylic acid groups (broad SMARTS) is 1. The Hall–Kier alpha value is -0.610. The Morgan fingerprint density at radius 1 is 1.30 bits per heavy atom. The smallest absolute Gasteiger partial charge is 0.323 e. The Morgan fingerprint density at radius 3 is 2.35 bits per heavy atom. The second-order valence-corrected chi connectivity index (χ2v) is 7.10. The molecule has 0 aromatic heterocycles. The van der Waals surface area contributed by atoms with Gasteiger partial charge in [0.1, 0.15) is 5.54 Å². The SMILES string of the molecule is CCC(C)(C)N(C)CCCCC(C)(NC1CC1)C(=O)O. The summed E-state index contributed by atoms with van der Waals surface area (Å²) in [5.74, 6) is -0.716. The number of rotatable bonds is 10.